The molecule has 0 aromatic heterocycles. The molecule has 0 atom stereocenters. The van der Waals surface area contributed by atoms with Crippen molar-refractivity contribution in [3.05, 3.63) is 0 Å². The third kappa shape index (κ3) is 7.07. The van der Waals surface area contributed by atoms with Crippen LogP contribution in [0.5, 0.6) is 0 Å². The van der Waals surface area contributed by atoms with Gasteiger partial charge in [-0.15, -0.1) is 0 Å². The highest BCUT2D eigenvalue weighted by molar-refractivity contribution is 5.90. The van der Waals surface area contributed by atoms with Crippen molar-refractivity contribution < 1.29 is 24.6 Å². The molecular formula is C23H42O5. The lowest BCUT2D eigenvalue weighted by molar-refractivity contribution is -0.158. The van der Waals surface area contributed by atoms with Gasteiger partial charge in [-0.1, -0.05) is 41.5 Å². The summed E-state index contributed by atoms with van der Waals surface area (Å²) in [5.74, 6) is 0.183. The minimum atomic E-state index is -1.03. The molecule has 0 radical (unpaired) electrons. The summed E-state index contributed by atoms with van der Waals surface area (Å²) in [4.78, 5) is 37.1. The van der Waals surface area contributed by atoms with E-state index in [0.29, 0.717) is 44.9 Å². The normalized spacial score (nSPS) is 13.5. The van der Waals surface area contributed by atoms with Gasteiger partial charge >= 0.3 is 0 Å². The summed E-state index contributed by atoms with van der Waals surface area (Å²) >= 11 is 0. The number of carbonyl (C=O) groups is 3. The smallest absolute Gasteiger partial charge is 0.144 e. The van der Waals surface area contributed by atoms with Crippen molar-refractivity contribution in [1.82, 2.24) is 0 Å². The van der Waals surface area contributed by atoms with Crippen LogP contribution in [-0.4, -0.2) is 39.8 Å². The SMILES string of the molecule is CC(C)(CCC(=O)CCCC(=O)CCCO)C(=O)C(C)(C)C(C)(C)C(C)(C)O. The predicted octanol–water partition coefficient (Wildman–Crippen LogP) is 4.27. The highest BCUT2D eigenvalue weighted by atomic mass is 16.3. The Morgan fingerprint density at radius 2 is 1.14 bits per heavy atom. The van der Waals surface area contributed by atoms with Crippen LogP contribution in [0.1, 0.15) is 100 Å². The second-order valence-corrected chi connectivity index (χ2v) is 10.3. The maximum absolute atomic E-state index is 13.3. The van der Waals surface area contributed by atoms with E-state index in [-0.39, 0.29) is 24.0 Å². The summed E-state index contributed by atoms with van der Waals surface area (Å²) in [7, 11) is 0. The van der Waals surface area contributed by atoms with Gasteiger partial charge in [0.15, 0.2) is 0 Å². The Morgan fingerprint density at radius 3 is 1.57 bits per heavy atom. The van der Waals surface area contributed by atoms with Crippen LogP contribution < -0.4 is 0 Å². The van der Waals surface area contributed by atoms with Crippen LogP contribution in [0.2, 0.25) is 0 Å². The topological polar surface area (TPSA) is 91.7 Å². The molecule has 0 spiro atoms. The van der Waals surface area contributed by atoms with Crippen molar-refractivity contribution in [1.29, 1.82) is 0 Å². The molecular weight excluding hydrogens is 356 g/mol. The molecule has 0 aliphatic carbocycles. The quantitative estimate of drug-likeness (QED) is 0.456. The summed E-state index contributed by atoms with van der Waals surface area (Å²) in [6.07, 6.45) is 2.82. The number of aliphatic hydroxyl groups excluding tert-OH is 1. The van der Waals surface area contributed by atoms with E-state index in [1.807, 2.05) is 41.5 Å². The van der Waals surface area contributed by atoms with Gasteiger partial charge < -0.3 is 10.2 Å². The van der Waals surface area contributed by atoms with Crippen LogP contribution in [0.4, 0.5) is 0 Å². The fraction of sp³-hybridized carbons (Fsp3) is 0.870. The predicted molar refractivity (Wildman–Crippen MR) is 112 cm³/mol. The summed E-state index contributed by atoms with van der Waals surface area (Å²) in [5.41, 5.74) is -3.12. The van der Waals surface area contributed by atoms with E-state index in [9.17, 15) is 19.5 Å². The van der Waals surface area contributed by atoms with Crippen molar-refractivity contribution >= 4 is 17.3 Å². The lowest BCUT2D eigenvalue weighted by Gasteiger charge is -2.50. The largest absolute Gasteiger partial charge is 0.396 e. The standard InChI is InChI=1S/C23H42O5/c1-20(2,19(27)21(3,4)22(5,6)23(7,8)28)15-14-18(26)12-9-11-17(25)13-10-16-24/h24,28H,9-16H2,1-8H3. The van der Waals surface area contributed by atoms with Crippen LogP contribution >= 0.6 is 0 Å². The van der Waals surface area contributed by atoms with E-state index in [1.54, 1.807) is 13.8 Å². The third-order valence-corrected chi connectivity index (χ3v) is 6.83. The summed E-state index contributed by atoms with van der Waals surface area (Å²) in [5, 5.41) is 19.3. The molecule has 0 unspecified atom stereocenters. The van der Waals surface area contributed by atoms with Crippen LogP contribution in [0, 0.1) is 16.2 Å². The average molecular weight is 399 g/mol. The van der Waals surface area contributed by atoms with Gasteiger partial charge in [0.2, 0.25) is 0 Å². The molecule has 0 saturated heterocycles. The number of hydrogen-bond acceptors (Lipinski definition) is 5. The summed E-state index contributed by atoms with van der Waals surface area (Å²) < 4.78 is 0. The van der Waals surface area contributed by atoms with E-state index in [0.717, 1.165) is 0 Å². The second kappa shape index (κ2) is 10.1. The van der Waals surface area contributed by atoms with E-state index in [4.69, 9.17) is 5.11 Å². The zero-order valence-corrected chi connectivity index (χ0v) is 19.3. The van der Waals surface area contributed by atoms with Crippen LogP contribution in [0.25, 0.3) is 0 Å². The molecule has 0 saturated carbocycles. The Morgan fingerprint density at radius 1 is 0.714 bits per heavy atom. The van der Waals surface area contributed by atoms with Gasteiger partial charge in [-0.2, -0.15) is 0 Å². The molecule has 2 N–H and O–H groups in total. The molecule has 0 aliphatic heterocycles. The number of hydrogen-bond donors (Lipinski definition) is 2. The molecule has 0 aromatic carbocycles. The van der Waals surface area contributed by atoms with Crippen molar-refractivity contribution in [3.8, 4) is 0 Å². The fourth-order valence-corrected chi connectivity index (χ4v) is 3.47. The van der Waals surface area contributed by atoms with Gasteiger partial charge in [-0.3, -0.25) is 14.4 Å². The molecule has 0 amide bonds. The molecule has 0 aliphatic rings. The monoisotopic (exact) mass is 398 g/mol. The molecule has 0 fully saturated rings. The highest BCUT2D eigenvalue weighted by Crippen LogP contribution is 2.50. The minimum Gasteiger partial charge on any atom is -0.396 e. The van der Waals surface area contributed by atoms with Crippen LogP contribution in [0.3, 0.4) is 0 Å². The van der Waals surface area contributed by atoms with Crippen LogP contribution in [0.15, 0.2) is 0 Å². The maximum atomic E-state index is 13.3. The Labute approximate surface area is 171 Å². The zero-order chi connectivity index (χ0) is 22.4. The van der Waals surface area contributed by atoms with Crippen molar-refractivity contribution in [2.45, 2.75) is 106 Å². The Kier molecular flexibility index (Phi) is 9.72. The number of carbonyl (C=O) groups excluding carboxylic acids is 3. The van der Waals surface area contributed by atoms with Crippen molar-refractivity contribution in [3.63, 3.8) is 0 Å². The van der Waals surface area contributed by atoms with Gasteiger partial charge in [-0.05, 0) is 33.1 Å². The van der Waals surface area contributed by atoms with Crippen LogP contribution in [-0.2, 0) is 14.4 Å². The van der Waals surface area contributed by atoms with Crippen molar-refractivity contribution in [2.75, 3.05) is 6.61 Å². The third-order valence-electron chi connectivity index (χ3n) is 6.83. The lowest BCUT2D eigenvalue weighted by Crippen LogP contribution is -2.55. The average Bonchev–Trinajstić information content (AvgIpc) is 2.56. The maximum Gasteiger partial charge on any atom is 0.144 e. The van der Waals surface area contributed by atoms with E-state index in [1.165, 1.54) is 0 Å². The molecule has 5 nitrogen and oxygen atoms in total. The first-order chi connectivity index (χ1) is 12.5. The van der Waals surface area contributed by atoms with Gasteiger partial charge in [0.1, 0.15) is 17.3 Å². The molecule has 0 bridgehead atoms. The Balaban J connectivity index is 4.77. The molecule has 0 heterocycles. The lowest BCUT2D eigenvalue weighted by atomic mass is 9.54. The van der Waals surface area contributed by atoms with Crippen molar-refractivity contribution in [2.24, 2.45) is 16.2 Å². The van der Waals surface area contributed by atoms with E-state index >= 15 is 0 Å². The summed E-state index contributed by atoms with van der Waals surface area (Å²) in [6, 6.07) is 0. The van der Waals surface area contributed by atoms with Gasteiger partial charge in [0.25, 0.3) is 0 Å². The first-order valence-electron chi connectivity index (χ1n) is 10.4. The van der Waals surface area contributed by atoms with Gasteiger partial charge in [0.05, 0.1) is 5.60 Å². The number of rotatable bonds is 14. The Bertz CT molecular complexity index is 550. The molecule has 5 heteroatoms. The van der Waals surface area contributed by atoms with Gasteiger partial charge in [-0.25, -0.2) is 0 Å². The second-order valence-electron chi connectivity index (χ2n) is 10.3. The molecule has 0 rings (SSSR count). The molecule has 0 aromatic rings. The molecule has 164 valence electrons. The van der Waals surface area contributed by atoms with Gasteiger partial charge in [0, 0.05) is 48.5 Å². The number of aliphatic hydroxyl groups is 2. The minimum absolute atomic E-state index is 0.00833. The molecule has 28 heavy (non-hydrogen) atoms. The number of ketones is 3. The summed E-state index contributed by atoms with van der Waals surface area (Å²) in [6.45, 7) is 14.7. The first kappa shape index (κ1) is 26.9. The van der Waals surface area contributed by atoms with E-state index < -0.39 is 21.8 Å². The zero-order valence-electron chi connectivity index (χ0n) is 19.3. The fourth-order valence-electron chi connectivity index (χ4n) is 3.47. The highest BCUT2D eigenvalue weighted by Gasteiger charge is 2.54. The first-order valence-corrected chi connectivity index (χ1v) is 10.4. The Hall–Kier alpha value is -1.07. The number of Topliss-reactive ketones (excluding diaryl/α,β-unsaturated/α-hetero) is 3. The van der Waals surface area contributed by atoms with E-state index in [2.05, 4.69) is 0 Å².